The third-order valence-corrected chi connectivity index (χ3v) is 4.80. The van der Waals surface area contributed by atoms with E-state index in [1.54, 1.807) is 0 Å². The first-order valence-electron chi connectivity index (χ1n) is 6.98. The van der Waals surface area contributed by atoms with Gasteiger partial charge in [0.25, 0.3) is 0 Å². The summed E-state index contributed by atoms with van der Waals surface area (Å²) in [6, 6.07) is 1.51. The van der Waals surface area contributed by atoms with Gasteiger partial charge in [-0.15, -0.1) is 0 Å². The predicted octanol–water partition coefficient (Wildman–Crippen LogP) is 2.02. The molecule has 2 heteroatoms. The smallest absolute Gasteiger partial charge is 0.0192 e. The number of nitrogens with one attached hydrogen (secondary N) is 1. The topological polar surface area (TPSA) is 15.3 Å². The van der Waals surface area contributed by atoms with Gasteiger partial charge in [-0.2, -0.15) is 0 Å². The zero-order chi connectivity index (χ0) is 11.0. The van der Waals surface area contributed by atoms with Gasteiger partial charge >= 0.3 is 0 Å². The van der Waals surface area contributed by atoms with Crippen LogP contribution in [0.15, 0.2) is 12.2 Å². The molecule has 1 saturated heterocycles. The molecule has 1 N–H and O–H groups in total. The first-order chi connectivity index (χ1) is 7.84. The van der Waals surface area contributed by atoms with Crippen molar-refractivity contribution in [3.05, 3.63) is 12.2 Å². The van der Waals surface area contributed by atoms with Crippen LogP contribution >= 0.6 is 0 Å². The SMILES string of the molecule is CC(CNC1CC2CC=CC21)N1CCCC1. The van der Waals surface area contributed by atoms with Crippen molar-refractivity contribution < 1.29 is 0 Å². The molecular formula is C14H24N2. The lowest BCUT2D eigenvalue weighted by atomic mass is 9.71. The highest BCUT2D eigenvalue weighted by Gasteiger charge is 2.40. The van der Waals surface area contributed by atoms with Crippen LogP contribution in [0.1, 0.15) is 32.6 Å². The van der Waals surface area contributed by atoms with E-state index in [1.807, 2.05) is 0 Å². The monoisotopic (exact) mass is 220 g/mol. The molecule has 2 nitrogen and oxygen atoms in total. The third kappa shape index (κ3) is 1.93. The maximum Gasteiger partial charge on any atom is 0.0192 e. The Labute approximate surface area is 99.1 Å². The summed E-state index contributed by atoms with van der Waals surface area (Å²) in [7, 11) is 0. The highest BCUT2D eigenvalue weighted by atomic mass is 15.2. The Morgan fingerprint density at radius 2 is 2.19 bits per heavy atom. The van der Waals surface area contributed by atoms with Gasteiger partial charge in [-0.05, 0) is 57.5 Å². The van der Waals surface area contributed by atoms with E-state index >= 15 is 0 Å². The molecule has 0 aromatic heterocycles. The second kappa shape index (κ2) is 4.50. The van der Waals surface area contributed by atoms with Crippen LogP contribution in [-0.2, 0) is 0 Å². The van der Waals surface area contributed by atoms with Gasteiger partial charge in [0.1, 0.15) is 0 Å². The second-order valence-electron chi connectivity index (χ2n) is 5.84. The van der Waals surface area contributed by atoms with Crippen LogP contribution in [-0.4, -0.2) is 36.6 Å². The molecule has 1 heterocycles. The molecule has 16 heavy (non-hydrogen) atoms. The molecule has 3 rings (SSSR count). The van der Waals surface area contributed by atoms with Crippen LogP contribution in [0.2, 0.25) is 0 Å². The van der Waals surface area contributed by atoms with Crippen LogP contribution in [0.5, 0.6) is 0 Å². The highest BCUT2D eigenvalue weighted by Crippen LogP contribution is 2.42. The first kappa shape index (κ1) is 10.8. The Morgan fingerprint density at radius 3 is 2.94 bits per heavy atom. The van der Waals surface area contributed by atoms with Crippen molar-refractivity contribution in [1.82, 2.24) is 10.2 Å². The third-order valence-electron chi connectivity index (χ3n) is 4.80. The number of hydrogen-bond acceptors (Lipinski definition) is 2. The fourth-order valence-electron chi connectivity index (χ4n) is 3.58. The van der Waals surface area contributed by atoms with Gasteiger partial charge in [-0.25, -0.2) is 0 Å². The van der Waals surface area contributed by atoms with E-state index in [9.17, 15) is 0 Å². The summed E-state index contributed by atoms with van der Waals surface area (Å²) in [6.45, 7) is 6.19. The first-order valence-corrected chi connectivity index (χ1v) is 6.98. The molecule has 0 aromatic carbocycles. The van der Waals surface area contributed by atoms with E-state index in [0.717, 1.165) is 23.9 Å². The van der Waals surface area contributed by atoms with Gasteiger partial charge in [0.05, 0.1) is 0 Å². The summed E-state index contributed by atoms with van der Waals surface area (Å²) in [4.78, 5) is 2.63. The summed E-state index contributed by atoms with van der Waals surface area (Å²) in [6.07, 6.45) is 10.4. The summed E-state index contributed by atoms with van der Waals surface area (Å²) in [5.74, 6) is 1.85. The average Bonchev–Trinajstić information content (AvgIpc) is 2.88. The molecule has 4 atom stereocenters. The fraction of sp³-hybridized carbons (Fsp3) is 0.857. The van der Waals surface area contributed by atoms with Gasteiger partial charge in [0, 0.05) is 18.6 Å². The fourth-order valence-corrected chi connectivity index (χ4v) is 3.58. The van der Waals surface area contributed by atoms with E-state index in [4.69, 9.17) is 0 Å². The number of likely N-dealkylation sites (tertiary alicyclic amines) is 1. The van der Waals surface area contributed by atoms with Gasteiger partial charge in [0.2, 0.25) is 0 Å². The number of allylic oxidation sites excluding steroid dienone is 1. The molecule has 0 bridgehead atoms. The van der Waals surface area contributed by atoms with Gasteiger partial charge in [-0.1, -0.05) is 12.2 Å². The van der Waals surface area contributed by atoms with Crippen molar-refractivity contribution in [2.45, 2.75) is 44.7 Å². The van der Waals surface area contributed by atoms with Crippen molar-refractivity contribution in [1.29, 1.82) is 0 Å². The van der Waals surface area contributed by atoms with Crippen molar-refractivity contribution >= 4 is 0 Å². The molecule has 1 saturated carbocycles. The molecule has 0 amide bonds. The Hall–Kier alpha value is -0.340. The molecule has 90 valence electrons. The minimum atomic E-state index is 0.729. The minimum absolute atomic E-state index is 0.729. The normalized spacial score (nSPS) is 39.7. The van der Waals surface area contributed by atoms with E-state index in [1.165, 1.54) is 45.3 Å². The Morgan fingerprint density at radius 1 is 1.38 bits per heavy atom. The number of rotatable bonds is 4. The highest BCUT2D eigenvalue weighted by molar-refractivity contribution is 5.12. The largest absolute Gasteiger partial charge is 0.312 e. The second-order valence-corrected chi connectivity index (χ2v) is 5.84. The van der Waals surface area contributed by atoms with E-state index in [-0.39, 0.29) is 0 Å². The molecular weight excluding hydrogens is 196 g/mol. The predicted molar refractivity (Wildman–Crippen MR) is 67.4 cm³/mol. The maximum absolute atomic E-state index is 3.77. The van der Waals surface area contributed by atoms with Crippen LogP contribution in [0.4, 0.5) is 0 Å². The number of hydrogen-bond donors (Lipinski definition) is 1. The molecule has 2 fully saturated rings. The van der Waals surface area contributed by atoms with E-state index in [0.29, 0.717) is 0 Å². The van der Waals surface area contributed by atoms with Crippen molar-refractivity contribution in [2.24, 2.45) is 11.8 Å². The van der Waals surface area contributed by atoms with Crippen molar-refractivity contribution in [2.75, 3.05) is 19.6 Å². The van der Waals surface area contributed by atoms with Gasteiger partial charge in [0.15, 0.2) is 0 Å². The van der Waals surface area contributed by atoms with Crippen LogP contribution in [0.25, 0.3) is 0 Å². The molecule has 0 spiro atoms. The number of fused-ring (bicyclic) bond motifs is 1. The molecule has 0 aromatic rings. The zero-order valence-corrected chi connectivity index (χ0v) is 10.4. The van der Waals surface area contributed by atoms with E-state index < -0.39 is 0 Å². The van der Waals surface area contributed by atoms with Crippen LogP contribution in [0, 0.1) is 11.8 Å². The lowest BCUT2D eigenvalue weighted by Crippen LogP contribution is -2.51. The Balaban J connectivity index is 1.41. The Bertz CT molecular complexity index is 268. The summed E-state index contributed by atoms with van der Waals surface area (Å²) >= 11 is 0. The van der Waals surface area contributed by atoms with Crippen LogP contribution in [0.3, 0.4) is 0 Å². The number of nitrogens with zero attached hydrogens (tertiary/aromatic N) is 1. The standard InChI is InChI=1S/C14H24N2/c1-11(16-7-2-3-8-16)10-15-14-9-12-5-4-6-13(12)14/h4,6,11-15H,2-3,5,7-10H2,1H3. The maximum atomic E-state index is 3.77. The zero-order valence-electron chi connectivity index (χ0n) is 10.4. The minimum Gasteiger partial charge on any atom is -0.312 e. The average molecular weight is 220 g/mol. The lowest BCUT2D eigenvalue weighted by molar-refractivity contribution is 0.148. The molecule has 1 aliphatic heterocycles. The molecule has 4 unspecified atom stereocenters. The molecule has 2 aliphatic carbocycles. The summed E-state index contributed by atoms with van der Waals surface area (Å²) < 4.78 is 0. The van der Waals surface area contributed by atoms with E-state index in [2.05, 4.69) is 29.3 Å². The lowest BCUT2D eigenvalue weighted by Gasteiger charge is -2.41. The van der Waals surface area contributed by atoms with Crippen LogP contribution < -0.4 is 5.32 Å². The quantitative estimate of drug-likeness (QED) is 0.729. The van der Waals surface area contributed by atoms with Gasteiger partial charge < -0.3 is 5.32 Å². The molecule has 0 radical (unpaired) electrons. The molecule has 3 aliphatic rings. The summed E-state index contributed by atoms with van der Waals surface area (Å²) in [5.41, 5.74) is 0. The van der Waals surface area contributed by atoms with Crippen molar-refractivity contribution in [3.8, 4) is 0 Å². The van der Waals surface area contributed by atoms with Crippen molar-refractivity contribution in [3.63, 3.8) is 0 Å². The Kier molecular flexibility index (Phi) is 3.03. The summed E-state index contributed by atoms with van der Waals surface area (Å²) in [5, 5.41) is 3.77. The van der Waals surface area contributed by atoms with Gasteiger partial charge in [-0.3, -0.25) is 4.90 Å².